The summed E-state index contributed by atoms with van der Waals surface area (Å²) < 4.78 is 38.4. The summed E-state index contributed by atoms with van der Waals surface area (Å²) in [5.41, 5.74) is -0.818. The standard InChI is InChI=1S/C15H22F3N3/c1-11(2)19-10-12-6-3-4-9-21(12)14-8-5-7-13(20-14)15(16,17)18/h5,7-8,11-12,19H,3-4,6,9-10H2,1-2H3. The first-order valence-corrected chi connectivity index (χ1v) is 7.42. The van der Waals surface area contributed by atoms with Crippen LogP contribution in [0, 0.1) is 0 Å². The van der Waals surface area contributed by atoms with E-state index in [2.05, 4.69) is 24.1 Å². The molecule has 21 heavy (non-hydrogen) atoms. The molecule has 1 saturated heterocycles. The highest BCUT2D eigenvalue weighted by molar-refractivity contribution is 5.41. The van der Waals surface area contributed by atoms with Crippen molar-refractivity contribution in [2.75, 3.05) is 18.0 Å². The lowest BCUT2D eigenvalue weighted by Gasteiger charge is -2.37. The molecule has 1 atom stereocenters. The van der Waals surface area contributed by atoms with Gasteiger partial charge in [-0.15, -0.1) is 0 Å². The zero-order chi connectivity index (χ0) is 15.5. The molecule has 0 radical (unpaired) electrons. The molecule has 1 aromatic heterocycles. The number of halogens is 3. The fraction of sp³-hybridized carbons (Fsp3) is 0.667. The molecule has 0 spiro atoms. The molecule has 118 valence electrons. The minimum atomic E-state index is -4.39. The van der Waals surface area contributed by atoms with E-state index in [0.717, 1.165) is 38.4 Å². The molecule has 0 aliphatic carbocycles. The number of pyridine rings is 1. The Labute approximate surface area is 123 Å². The van der Waals surface area contributed by atoms with E-state index < -0.39 is 11.9 Å². The molecular formula is C15H22F3N3. The summed E-state index contributed by atoms with van der Waals surface area (Å²) in [4.78, 5) is 5.83. The Morgan fingerprint density at radius 3 is 2.76 bits per heavy atom. The van der Waals surface area contributed by atoms with Gasteiger partial charge in [-0.2, -0.15) is 13.2 Å². The molecule has 1 N–H and O–H groups in total. The Kier molecular flexibility index (Phi) is 5.08. The minimum Gasteiger partial charge on any atom is -0.352 e. The summed E-state index contributed by atoms with van der Waals surface area (Å²) in [6.45, 7) is 5.67. The average molecular weight is 301 g/mol. The molecule has 2 heterocycles. The van der Waals surface area contributed by atoms with Gasteiger partial charge in [0.05, 0.1) is 0 Å². The van der Waals surface area contributed by atoms with Gasteiger partial charge in [0.15, 0.2) is 0 Å². The Morgan fingerprint density at radius 1 is 1.33 bits per heavy atom. The Hall–Kier alpha value is -1.30. The number of piperidine rings is 1. The highest BCUT2D eigenvalue weighted by Gasteiger charge is 2.33. The van der Waals surface area contributed by atoms with E-state index in [0.29, 0.717) is 11.9 Å². The van der Waals surface area contributed by atoms with Crippen molar-refractivity contribution < 1.29 is 13.2 Å². The zero-order valence-electron chi connectivity index (χ0n) is 12.5. The van der Waals surface area contributed by atoms with Crippen LogP contribution in [0.1, 0.15) is 38.8 Å². The lowest BCUT2D eigenvalue weighted by molar-refractivity contribution is -0.141. The quantitative estimate of drug-likeness (QED) is 0.923. The lowest BCUT2D eigenvalue weighted by Crippen LogP contribution is -2.47. The lowest BCUT2D eigenvalue weighted by atomic mass is 10.0. The van der Waals surface area contributed by atoms with E-state index in [1.54, 1.807) is 6.07 Å². The molecule has 0 amide bonds. The monoisotopic (exact) mass is 301 g/mol. The third kappa shape index (κ3) is 4.33. The number of hydrogen-bond acceptors (Lipinski definition) is 3. The van der Waals surface area contributed by atoms with Crippen molar-refractivity contribution in [1.29, 1.82) is 0 Å². The average Bonchev–Trinajstić information content (AvgIpc) is 2.44. The van der Waals surface area contributed by atoms with Gasteiger partial charge in [0.1, 0.15) is 11.5 Å². The van der Waals surface area contributed by atoms with Crippen LogP contribution < -0.4 is 10.2 Å². The number of nitrogens with one attached hydrogen (secondary N) is 1. The third-order valence-electron chi connectivity index (χ3n) is 3.71. The maximum atomic E-state index is 12.8. The van der Waals surface area contributed by atoms with Crippen molar-refractivity contribution in [3.05, 3.63) is 23.9 Å². The highest BCUT2D eigenvalue weighted by Crippen LogP contribution is 2.30. The normalized spacial score (nSPS) is 20.1. The van der Waals surface area contributed by atoms with E-state index in [4.69, 9.17) is 0 Å². The second-order valence-corrected chi connectivity index (χ2v) is 5.78. The molecule has 1 aliphatic heterocycles. The van der Waals surface area contributed by atoms with E-state index in [-0.39, 0.29) is 6.04 Å². The number of anilines is 1. The molecule has 2 rings (SSSR count). The largest absolute Gasteiger partial charge is 0.433 e. The summed E-state index contributed by atoms with van der Waals surface area (Å²) in [6, 6.07) is 4.70. The first kappa shape index (κ1) is 16.1. The second-order valence-electron chi connectivity index (χ2n) is 5.78. The van der Waals surface area contributed by atoms with Crippen LogP contribution in [-0.2, 0) is 6.18 Å². The van der Waals surface area contributed by atoms with Crippen LogP contribution in [-0.4, -0.2) is 30.2 Å². The molecular weight excluding hydrogens is 279 g/mol. The Balaban J connectivity index is 2.17. The van der Waals surface area contributed by atoms with Crippen molar-refractivity contribution >= 4 is 5.82 Å². The number of alkyl halides is 3. The van der Waals surface area contributed by atoms with Crippen molar-refractivity contribution in [3.63, 3.8) is 0 Å². The van der Waals surface area contributed by atoms with Crippen molar-refractivity contribution in [2.24, 2.45) is 0 Å². The van der Waals surface area contributed by atoms with Crippen LogP contribution in [0.2, 0.25) is 0 Å². The molecule has 1 fully saturated rings. The molecule has 1 unspecified atom stereocenters. The van der Waals surface area contributed by atoms with E-state index >= 15 is 0 Å². The SMILES string of the molecule is CC(C)NCC1CCCCN1c1cccc(C(F)(F)F)n1. The van der Waals surface area contributed by atoms with Crippen LogP contribution >= 0.6 is 0 Å². The van der Waals surface area contributed by atoms with Crippen LogP contribution in [0.5, 0.6) is 0 Å². The number of nitrogens with zero attached hydrogens (tertiary/aromatic N) is 2. The van der Waals surface area contributed by atoms with Crippen LogP contribution in [0.25, 0.3) is 0 Å². The third-order valence-corrected chi connectivity index (χ3v) is 3.71. The number of rotatable bonds is 4. The second kappa shape index (κ2) is 6.64. The molecule has 0 saturated carbocycles. The van der Waals surface area contributed by atoms with Crippen LogP contribution in [0.15, 0.2) is 18.2 Å². The smallest absolute Gasteiger partial charge is 0.352 e. The fourth-order valence-corrected chi connectivity index (χ4v) is 2.63. The van der Waals surface area contributed by atoms with Gasteiger partial charge in [-0.1, -0.05) is 19.9 Å². The molecule has 0 aromatic carbocycles. The van der Waals surface area contributed by atoms with Gasteiger partial charge >= 0.3 is 6.18 Å². The Bertz CT molecular complexity index is 460. The van der Waals surface area contributed by atoms with Crippen LogP contribution in [0.4, 0.5) is 19.0 Å². The van der Waals surface area contributed by atoms with Crippen molar-refractivity contribution in [3.8, 4) is 0 Å². The summed E-state index contributed by atoms with van der Waals surface area (Å²) in [6.07, 6.45) is -1.30. The van der Waals surface area contributed by atoms with Gasteiger partial charge in [0.25, 0.3) is 0 Å². The summed E-state index contributed by atoms with van der Waals surface area (Å²) in [5, 5.41) is 3.37. The zero-order valence-corrected chi connectivity index (χ0v) is 12.5. The van der Waals surface area contributed by atoms with E-state index in [1.807, 2.05) is 4.90 Å². The molecule has 1 aliphatic rings. The first-order valence-electron chi connectivity index (χ1n) is 7.42. The van der Waals surface area contributed by atoms with Crippen molar-refractivity contribution in [2.45, 2.75) is 51.4 Å². The van der Waals surface area contributed by atoms with Gasteiger partial charge in [-0.25, -0.2) is 4.98 Å². The van der Waals surface area contributed by atoms with Gasteiger partial charge in [-0.05, 0) is 31.4 Å². The predicted octanol–water partition coefficient (Wildman–Crippen LogP) is 3.46. The van der Waals surface area contributed by atoms with Gasteiger partial charge < -0.3 is 10.2 Å². The molecule has 3 nitrogen and oxygen atoms in total. The first-order chi connectivity index (χ1) is 9.88. The summed E-state index contributed by atoms with van der Waals surface area (Å²) >= 11 is 0. The fourth-order valence-electron chi connectivity index (χ4n) is 2.63. The van der Waals surface area contributed by atoms with E-state index in [9.17, 15) is 13.2 Å². The predicted molar refractivity (Wildman–Crippen MR) is 77.4 cm³/mol. The van der Waals surface area contributed by atoms with Crippen LogP contribution in [0.3, 0.4) is 0 Å². The topological polar surface area (TPSA) is 28.2 Å². The highest BCUT2D eigenvalue weighted by atomic mass is 19.4. The maximum absolute atomic E-state index is 12.8. The molecule has 6 heteroatoms. The Morgan fingerprint density at radius 2 is 2.10 bits per heavy atom. The summed E-state index contributed by atoms with van der Waals surface area (Å²) in [5.74, 6) is 0.431. The number of hydrogen-bond donors (Lipinski definition) is 1. The van der Waals surface area contributed by atoms with E-state index in [1.165, 1.54) is 6.07 Å². The maximum Gasteiger partial charge on any atom is 0.433 e. The van der Waals surface area contributed by atoms with Crippen molar-refractivity contribution in [1.82, 2.24) is 10.3 Å². The molecule has 1 aromatic rings. The van der Waals surface area contributed by atoms with Gasteiger partial charge in [-0.3, -0.25) is 0 Å². The minimum absolute atomic E-state index is 0.206. The number of aromatic nitrogens is 1. The molecule has 0 bridgehead atoms. The van der Waals surface area contributed by atoms with Gasteiger partial charge in [0, 0.05) is 25.2 Å². The summed E-state index contributed by atoms with van der Waals surface area (Å²) in [7, 11) is 0. The van der Waals surface area contributed by atoms with Gasteiger partial charge in [0.2, 0.25) is 0 Å².